The number of halogens is 1. The van der Waals surface area contributed by atoms with Crippen molar-refractivity contribution in [3.05, 3.63) is 28.8 Å². The average molecular weight is 268 g/mol. The summed E-state index contributed by atoms with van der Waals surface area (Å²) in [7, 11) is 0. The van der Waals surface area contributed by atoms with E-state index in [0.717, 1.165) is 12.8 Å². The third-order valence-corrected chi connectivity index (χ3v) is 3.52. The first-order chi connectivity index (χ1) is 8.58. The highest BCUT2D eigenvalue weighted by molar-refractivity contribution is 6.34. The molecule has 0 saturated heterocycles. The Morgan fingerprint density at radius 3 is 2.67 bits per heavy atom. The molecule has 0 aromatic heterocycles. The molecule has 0 radical (unpaired) electrons. The first kappa shape index (κ1) is 12.9. The van der Waals surface area contributed by atoms with Gasteiger partial charge in [-0.05, 0) is 30.9 Å². The fourth-order valence-electron chi connectivity index (χ4n) is 2.01. The van der Waals surface area contributed by atoms with Crippen LogP contribution in [-0.4, -0.2) is 17.0 Å². The summed E-state index contributed by atoms with van der Waals surface area (Å²) in [5.74, 6) is -0.846. The van der Waals surface area contributed by atoms with Crippen LogP contribution in [0.4, 0.5) is 5.69 Å². The Morgan fingerprint density at radius 2 is 2.11 bits per heavy atom. The van der Waals surface area contributed by atoms with Gasteiger partial charge in [-0.1, -0.05) is 24.1 Å². The minimum atomic E-state index is -1.14. The van der Waals surface area contributed by atoms with Crippen molar-refractivity contribution in [2.45, 2.75) is 25.7 Å². The molecule has 0 aliphatic heterocycles. The second-order valence-electron chi connectivity index (χ2n) is 4.52. The van der Waals surface area contributed by atoms with E-state index in [2.05, 4.69) is 5.32 Å². The molecule has 1 fully saturated rings. The van der Waals surface area contributed by atoms with Crippen LogP contribution in [0.3, 0.4) is 0 Å². The number of carbonyl (C=O) groups is 2. The topological polar surface area (TPSA) is 66.4 Å². The summed E-state index contributed by atoms with van der Waals surface area (Å²) in [5, 5.41) is 11.8. The molecule has 4 nitrogen and oxygen atoms in total. The molecule has 18 heavy (non-hydrogen) atoms. The van der Waals surface area contributed by atoms with Crippen LogP contribution in [0, 0.1) is 5.92 Å². The van der Waals surface area contributed by atoms with E-state index in [4.69, 9.17) is 16.7 Å². The molecule has 2 rings (SSSR count). The highest BCUT2D eigenvalue weighted by atomic mass is 35.5. The van der Waals surface area contributed by atoms with Crippen LogP contribution >= 0.6 is 11.6 Å². The lowest BCUT2D eigenvalue weighted by Gasteiger charge is -2.24. The molecule has 5 heteroatoms. The third-order valence-electron chi connectivity index (χ3n) is 3.20. The zero-order valence-corrected chi connectivity index (χ0v) is 10.5. The minimum Gasteiger partial charge on any atom is -0.478 e. The van der Waals surface area contributed by atoms with Crippen molar-refractivity contribution in [3.8, 4) is 0 Å². The number of benzene rings is 1. The zero-order chi connectivity index (χ0) is 13.1. The quantitative estimate of drug-likeness (QED) is 0.880. The van der Waals surface area contributed by atoms with Crippen molar-refractivity contribution < 1.29 is 14.7 Å². The number of rotatable bonds is 4. The normalized spacial score (nSPS) is 14.9. The van der Waals surface area contributed by atoms with E-state index in [9.17, 15) is 9.59 Å². The predicted molar refractivity (Wildman–Crippen MR) is 69.0 cm³/mol. The Labute approximate surface area is 110 Å². The number of carboxylic acid groups (broad SMARTS) is 1. The van der Waals surface area contributed by atoms with Crippen LogP contribution in [0.1, 0.15) is 36.0 Å². The van der Waals surface area contributed by atoms with Gasteiger partial charge in [0.25, 0.3) is 0 Å². The minimum absolute atomic E-state index is 0.0545. The van der Waals surface area contributed by atoms with Gasteiger partial charge in [0, 0.05) is 6.42 Å². The first-order valence-electron chi connectivity index (χ1n) is 5.89. The van der Waals surface area contributed by atoms with Gasteiger partial charge in [-0.15, -0.1) is 0 Å². The van der Waals surface area contributed by atoms with Crippen LogP contribution in [0.25, 0.3) is 0 Å². The molecular formula is C13H14ClNO3. The molecule has 0 atom stereocenters. The number of aromatic carboxylic acids is 1. The molecule has 0 heterocycles. The van der Waals surface area contributed by atoms with Crippen molar-refractivity contribution in [1.82, 2.24) is 0 Å². The lowest BCUT2D eigenvalue weighted by molar-refractivity contribution is -0.117. The van der Waals surface area contributed by atoms with Gasteiger partial charge < -0.3 is 10.4 Å². The Kier molecular flexibility index (Phi) is 3.87. The summed E-state index contributed by atoms with van der Waals surface area (Å²) in [6.45, 7) is 0. The number of nitrogens with one attached hydrogen (secondary N) is 1. The van der Waals surface area contributed by atoms with E-state index in [1.807, 2.05) is 0 Å². The van der Waals surface area contributed by atoms with Gasteiger partial charge >= 0.3 is 5.97 Å². The average Bonchev–Trinajstić information content (AvgIpc) is 2.23. The molecule has 1 aliphatic rings. The van der Waals surface area contributed by atoms with Crippen LogP contribution in [0.2, 0.25) is 5.02 Å². The Bertz CT molecular complexity index is 483. The zero-order valence-electron chi connectivity index (χ0n) is 9.78. The van der Waals surface area contributed by atoms with Crippen LogP contribution < -0.4 is 5.32 Å². The van der Waals surface area contributed by atoms with Gasteiger partial charge in [0.15, 0.2) is 0 Å². The van der Waals surface area contributed by atoms with E-state index < -0.39 is 5.97 Å². The van der Waals surface area contributed by atoms with Crippen LogP contribution in [0.15, 0.2) is 18.2 Å². The third kappa shape index (κ3) is 2.82. The molecule has 1 aromatic rings. The smallest absolute Gasteiger partial charge is 0.339 e. The first-order valence-corrected chi connectivity index (χ1v) is 6.27. The number of hydrogen-bond donors (Lipinski definition) is 2. The van der Waals surface area contributed by atoms with Crippen LogP contribution in [0.5, 0.6) is 0 Å². The lowest BCUT2D eigenvalue weighted by Crippen LogP contribution is -2.21. The molecule has 0 bridgehead atoms. The molecule has 0 unspecified atom stereocenters. The molecule has 96 valence electrons. The van der Waals surface area contributed by atoms with Gasteiger partial charge in [0.05, 0.1) is 10.7 Å². The maximum Gasteiger partial charge on any atom is 0.339 e. The van der Waals surface area contributed by atoms with Crippen molar-refractivity contribution in [1.29, 1.82) is 0 Å². The van der Waals surface area contributed by atoms with Gasteiger partial charge in [-0.25, -0.2) is 4.79 Å². The Balaban J connectivity index is 2.10. The van der Waals surface area contributed by atoms with E-state index in [1.165, 1.54) is 12.5 Å². The fourth-order valence-corrected chi connectivity index (χ4v) is 2.26. The molecule has 1 saturated carbocycles. The number of carbonyl (C=O) groups excluding carboxylic acids is 1. The second-order valence-corrected chi connectivity index (χ2v) is 4.92. The number of anilines is 1. The van der Waals surface area contributed by atoms with E-state index in [0.29, 0.717) is 12.3 Å². The number of hydrogen-bond acceptors (Lipinski definition) is 2. The van der Waals surface area contributed by atoms with Crippen molar-refractivity contribution in [3.63, 3.8) is 0 Å². The van der Waals surface area contributed by atoms with E-state index in [-0.39, 0.29) is 22.2 Å². The van der Waals surface area contributed by atoms with E-state index in [1.54, 1.807) is 12.1 Å². The summed E-state index contributed by atoms with van der Waals surface area (Å²) in [5.41, 5.74) is 0.209. The van der Waals surface area contributed by atoms with Gasteiger partial charge in [0.2, 0.25) is 5.91 Å². The summed E-state index contributed by atoms with van der Waals surface area (Å²) < 4.78 is 0. The van der Waals surface area contributed by atoms with E-state index >= 15 is 0 Å². The monoisotopic (exact) mass is 267 g/mol. The predicted octanol–water partition coefficient (Wildman–Crippen LogP) is 3.17. The molecule has 1 aromatic carbocycles. The van der Waals surface area contributed by atoms with Crippen molar-refractivity contribution in [2.75, 3.05) is 5.32 Å². The largest absolute Gasteiger partial charge is 0.478 e. The molecular weight excluding hydrogens is 254 g/mol. The summed E-state index contributed by atoms with van der Waals surface area (Å²) in [6.07, 6.45) is 3.78. The maximum atomic E-state index is 11.8. The number of carboxylic acids is 1. The van der Waals surface area contributed by atoms with Gasteiger partial charge in [-0.3, -0.25) is 4.79 Å². The standard InChI is InChI=1S/C13H14ClNO3/c14-9-5-2-6-10(12(9)13(17)18)15-11(16)7-8-3-1-4-8/h2,5-6,8H,1,3-4,7H2,(H,15,16)(H,17,18). The van der Waals surface area contributed by atoms with Gasteiger partial charge in [-0.2, -0.15) is 0 Å². The Morgan fingerprint density at radius 1 is 1.39 bits per heavy atom. The molecule has 1 aliphatic carbocycles. The molecule has 0 spiro atoms. The summed E-state index contributed by atoms with van der Waals surface area (Å²) in [4.78, 5) is 22.8. The maximum absolute atomic E-state index is 11.8. The highest BCUT2D eigenvalue weighted by Gasteiger charge is 2.22. The van der Waals surface area contributed by atoms with Crippen LogP contribution in [-0.2, 0) is 4.79 Å². The van der Waals surface area contributed by atoms with Crippen molar-refractivity contribution in [2.24, 2.45) is 5.92 Å². The van der Waals surface area contributed by atoms with Gasteiger partial charge in [0.1, 0.15) is 5.56 Å². The fraction of sp³-hybridized carbons (Fsp3) is 0.385. The lowest BCUT2D eigenvalue weighted by atomic mass is 9.83. The van der Waals surface area contributed by atoms with Crippen molar-refractivity contribution >= 4 is 29.2 Å². The highest BCUT2D eigenvalue weighted by Crippen LogP contribution is 2.30. The molecule has 2 N–H and O–H groups in total. The Hall–Kier alpha value is -1.55. The summed E-state index contributed by atoms with van der Waals surface area (Å²) >= 11 is 5.82. The SMILES string of the molecule is O=C(CC1CCC1)Nc1cccc(Cl)c1C(=O)O. The second kappa shape index (κ2) is 5.40. The molecule has 1 amide bonds. The number of amides is 1. The summed E-state index contributed by atoms with van der Waals surface area (Å²) in [6, 6.07) is 4.66.